The number of aromatic amines is 1. The average molecular weight is 334 g/mol. The Morgan fingerprint density at radius 2 is 2.22 bits per heavy atom. The Kier molecular flexibility index (Phi) is 5.64. The number of amides is 1. The molecule has 1 aromatic heterocycles. The monoisotopic (exact) mass is 334 g/mol. The topological polar surface area (TPSA) is 110 Å². The maximum Gasteiger partial charge on any atom is 0.253 e. The predicted molar refractivity (Wildman–Crippen MR) is 90.8 cm³/mol. The van der Waals surface area contributed by atoms with Gasteiger partial charge in [-0.2, -0.15) is 0 Å². The Bertz CT molecular complexity index is 747. The number of nitrogen functional groups attached to an aromatic ring is 1. The van der Waals surface area contributed by atoms with Gasteiger partial charge in [-0.05, 0) is 18.6 Å². The molecule has 0 bridgehead atoms. The number of thioether (sulfide) groups is 1. The average Bonchev–Trinajstić information content (AvgIpc) is 2.52. The molecule has 0 aliphatic rings. The van der Waals surface area contributed by atoms with Crippen molar-refractivity contribution in [2.24, 2.45) is 0 Å². The number of nitrogens with zero attached hydrogens (tertiary/aromatic N) is 1. The standard InChI is InChI=1S/C15H18N4O3S/c1-3-11(23-15-18-12(16)8-13(20)19-15)14(21)17-9-6-4-5-7-10(9)22-2/h4-8,11H,3H2,1-2H3,(H,17,21)(H3,16,18,19,20). The Hall–Kier alpha value is -2.48. The molecular weight excluding hydrogens is 316 g/mol. The van der Waals surface area contributed by atoms with Crippen molar-refractivity contribution in [3.63, 3.8) is 0 Å². The number of hydrogen-bond acceptors (Lipinski definition) is 6. The number of methoxy groups -OCH3 is 1. The van der Waals surface area contributed by atoms with Gasteiger partial charge in [0.1, 0.15) is 11.6 Å². The molecule has 2 aromatic rings. The first kappa shape index (κ1) is 16.9. The lowest BCUT2D eigenvalue weighted by Crippen LogP contribution is -2.25. The summed E-state index contributed by atoms with van der Waals surface area (Å²) in [5.41, 5.74) is 5.80. The van der Waals surface area contributed by atoms with Crippen molar-refractivity contribution in [3.05, 3.63) is 40.7 Å². The van der Waals surface area contributed by atoms with Crippen LogP contribution in [0.3, 0.4) is 0 Å². The van der Waals surface area contributed by atoms with Crippen LogP contribution in [0, 0.1) is 0 Å². The van der Waals surface area contributed by atoms with E-state index in [9.17, 15) is 9.59 Å². The summed E-state index contributed by atoms with van der Waals surface area (Å²) in [4.78, 5) is 30.5. The third-order valence-corrected chi connectivity index (χ3v) is 4.27. The van der Waals surface area contributed by atoms with Gasteiger partial charge >= 0.3 is 0 Å². The van der Waals surface area contributed by atoms with Crippen LogP contribution in [0.4, 0.5) is 11.5 Å². The number of nitrogens with one attached hydrogen (secondary N) is 2. The van der Waals surface area contributed by atoms with E-state index in [0.29, 0.717) is 23.0 Å². The summed E-state index contributed by atoms with van der Waals surface area (Å²) in [5, 5.41) is 2.72. The molecule has 122 valence electrons. The number of nitrogens with two attached hydrogens (primary N) is 1. The third kappa shape index (κ3) is 4.49. The molecule has 0 fully saturated rings. The maximum atomic E-state index is 12.4. The second kappa shape index (κ2) is 7.68. The number of hydrogen-bond donors (Lipinski definition) is 3. The van der Waals surface area contributed by atoms with Crippen molar-refractivity contribution in [3.8, 4) is 5.75 Å². The van der Waals surface area contributed by atoms with Crippen LogP contribution in [0.25, 0.3) is 0 Å². The molecule has 1 aromatic carbocycles. The van der Waals surface area contributed by atoms with Gasteiger partial charge in [0.05, 0.1) is 18.0 Å². The maximum absolute atomic E-state index is 12.4. The Morgan fingerprint density at radius 3 is 2.87 bits per heavy atom. The second-order valence-corrected chi connectivity index (χ2v) is 5.87. The molecule has 2 rings (SSSR count). The minimum atomic E-state index is -0.426. The summed E-state index contributed by atoms with van der Waals surface area (Å²) in [6.45, 7) is 1.88. The predicted octanol–water partition coefficient (Wildman–Crippen LogP) is 1.87. The Labute approximate surface area is 137 Å². The first-order valence-electron chi connectivity index (χ1n) is 7.01. The van der Waals surface area contributed by atoms with Crippen molar-refractivity contribution < 1.29 is 9.53 Å². The number of carbonyl (C=O) groups is 1. The number of carbonyl (C=O) groups excluding carboxylic acids is 1. The fourth-order valence-electron chi connectivity index (χ4n) is 1.93. The highest BCUT2D eigenvalue weighted by atomic mass is 32.2. The van der Waals surface area contributed by atoms with E-state index in [-0.39, 0.29) is 17.3 Å². The number of ether oxygens (including phenoxy) is 1. The summed E-state index contributed by atoms with van der Waals surface area (Å²) < 4.78 is 5.21. The zero-order valence-electron chi connectivity index (χ0n) is 12.8. The lowest BCUT2D eigenvalue weighted by Gasteiger charge is -2.15. The summed E-state index contributed by atoms with van der Waals surface area (Å²) in [5.74, 6) is 0.500. The van der Waals surface area contributed by atoms with Gasteiger partial charge in [0, 0.05) is 6.07 Å². The summed E-state index contributed by atoms with van der Waals surface area (Å²) in [7, 11) is 1.54. The normalized spacial score (nSPS) is 11.7. The molecule has 0 spiro atoms. The Morgan fingerprint density at radius 1 is 1.48 bits per heavy atom. The van der Waals surface area contributed by atoms with Crippen LogP contribution in [-0.4, -0.2) is 28.2 Å². The van der Waals surface area contributed by atoms with Gasteiger partial charge in [0.15, 0.2) is 5.16 Å². The van der Waals surface area contributed by atoms with Gasteiger partial charge in [-0.1, -0.05) is 30.8 Å². The Balaban J connectivity index is 2.13. The molecule has 0 radical (unpaired) electrons. The zero-order valence-corrected chi connectivity index (χ0v) is 13.6. The van der Waals surface area contributed by atoms with E-state index in [1.165, 1.54) is 6.07 Å². The van der Waals surface area contributed by atoms with Gasteiger partial charge in [0.2, 0.25) is 5.91 Å². The molecule has 1 atom stereocenters. The smallest absolute Gasteiger partial charge is 0.253 e. The lowest BCUT2D eigenvalue weighted by molar-refractivity contribution is -0.115. The SMILES string of the molecule is CCC(Sc1nc(N)cc(=O)[nH]1)C(=O)Nc1ccccc1OC. The van der Waals surface area contributed by atoms with Crippen LogP contribution in [0.15, 0.2) is 40.3 Å². The highest BCUT2D eigenvalue weighted by Crippen LogP contribution is 2.27. The number of para-hydroxylation sites is 2. The molecule has 23 heavy (non-hydrogen) atoms. The summed E-state index contributed by atoms with van der Waals surface area (Å²) in [6.07, 6.45) is 0.560. The molecule has 0 saturated heterocycles. The minimum Gasteiger partial charge on any atom is -0.495 e. The third-order valence-electron chi connectivity index (χ3n) is 3.02. The fraction of sp³-hybridized carbons (Fsp3) is 0.267. The van der Waals surface area contributed by atoms with E-state index in [4.69, 9.17) is 10.5 Å². The molecule has 1 unspecified atom stereocenters. The first-order chi connectivity index (χ1) is 11.0. The second-order valence-electron chi connectivity index (χ2n) is 4.68. The van der Waals surface area contributed by atoms with Gasteiger partial charge in [-0.15, -0.1) is 0 Å². The molecule has 1 heterocycles. The fourth-order valence-corrected chi connectivity index (χ4v) is 2.85. The molecule has 8 heteroatoms. The lowest BCUT2D eigenvalue weighted by atomic mass is 10.2. The molecule has 1 amide bonds. The van der Waals surface area contributed by atoms with Crippen LogP contribution in [0.1, 0.15) is 13.3 Å². The summed E-state index contributed by atoms with van der Waals surface area (Å²) >= 11 is 1.16. The van der Waals surface area contributed by atoms with Crippen LogP contribution in [-0.2, 0) is 4.79 Å². The van der Waals surface area contributed by atoms with Crippen molar-refractivity contribution in [2.75, 3.05) is 18.2 Å². The van der Waals surface area contributed by atoms with Gasteiger partial charge < -0.3 is 20.8 Å². The van der Waals surface area contributed by atoms with E-state index in [0.717, 1.165) is 11.8 Å². The first-order valence-corrected chi connectivity index (χ1v) is 7.88. The molecule has 0 aliphatic carbocycles. The van der Waals surface area contributed by atoms with Crippen LogP contribution in [0.5, 0.6) is 5.75 Å². The number of anilines is 2. The van der Waals surface area contributed by atoms with E-state index in [1.807, 2.05) is 19.1 Å². The molecule has 0 saturated carbocycles. The van der Waals surface area contributed by atoms with Crippen LogP contribution >= 0.6 is 11.8 Å². The molecule has 0 aliphatic heterocycles. The van der Waals surface area contributed by atoms with Crippen LogP contribution in [0.2, 0.25) is 0 Å². The number of H-pyrrole nitrogens is 1. The largest absolute Gasteiger partial charge is 0.495 e. The van der Waals surface area contributed by atoms with E-state index in [2.05, 4.69) is 15.3 Å². The van der Waals surface area contributed by atoms with Gasteiger partial charge in [-0.3, -0.25) is 9.59 Å². The summed E-state index contributed by atoms with van der Waals surface area (Å²) in [6, 6.07) is 8.35. The van der Waals surface area contributed by atoms with Crippen molar-refractivity contribution in [1.82, 2.24) is 9.97 Å². The van der Waals surface area contributed by atoms with E-state index in [1.54, 1.807) is 19.2 Å². The van der Waals surface area contributed by atoms with E-state index >= 15 is 0 Å². The minimum absolute atomic E-state index is 0.122. The highest BCUT2D eigenvalue weighted by molar-refractivity contribution is 8.00. The van der Waals surface area contributed by atoms with Gasteiger partial charge in [-0.25, -0.2) is 4.98 Å². The van der Waals surface area contributed by atoms with E-state index < -0.39 is 5.25 Å². The number of rotatable bonds is 6. The molecular formula is C15H18N4O3S. The van der Waals surface area contributed by atoms with Crippen molar-refractivity contribution in [2.45, 2.75) is 23.8 Å². The van der Waals surface area contributed by atoms with Crippen LogP contribution < -0.4 is 21.3 Å². The zero-order chi connectivity index (χ0) is 16.8. The van der Waals surface area contributed by atoms with Crippen molar-refractivity contribution in [1.29, 1.82) is 0 Å². The number of aromatic nitrogens is 2. The molecule has 4 N–H and O–H groups in total. The quantitative estimate of drug-likeness (QED) is 0.549. The van der Waals surface area contributed by atoms with Gasteiger partial charge in [0.25, 0.3) is 5.56 Å². The highest BCUT2D eigenvalue weighted by Gasteiger charge is 2.20. The number of benzene rings is 1. The van der Waals surface area contributed by atoms with Crippen molar-refractivity contribution >= 4 is 29.2 Å². The molecule has 7 nitrogen and oxygen atoms in total.